The third kappa shape index (κ3) is 4.90. The van der Waals surface area contributed by atoms with E-state index in [1.165, 1.54) is 13.0 Å². The van der Waals surface area contributed by atoms with E-state index in [0.29, 0.717) is 18.7 Å². The van der Waals surface area contributed by atoms with E-state index in [4.69, 9.17) is 0 Å². The van der Waals surface area contributed by atoms with Gasteiger partial charge in [-0.15, -0.1) is 0 Å². The van der Waals surface area contributed by atoms with E-state index in [-0.39, 0.29) is 36.0 Å². The first-order valence-corrected chi connectivity index (χ1v) is 9.24. The molecule has 5 nitrogen and oxygen atoms in total. The number of pyridine rings is 1. The standard InChI is InChI=1S/C21H24FN3O2/c1-15(26)24-21(19-10-4-5-11-23-19)17-8-6-12-25(14-17)20(27)13-16-7-2-3-9-18(16)22/h2-5,7,9-11,17,21H,6,8,12-14H2,1H3,(H,24,26)/t17-,21+/m0/s1. The third-order valence-electron chi connectivity index (χ3n) is 4.95. The van der Waals surface area contributed by atoms with Crippen LogP contribution in [0.25, 0.3) is 0 Å². The zero-order valence-corrected chi connectivity index (χ0v) is 15.4. The van der Waals surface area contributed by atoms with Gasteiger partial charge >= 0.3 is 0 Å². The molecule has 2 aromatic rings. The van der Waals surface area contributed by atoms with Gasteiger partial charge in [-0.05, 0) is 36.6 Å². The fraction of sp³-hybridized carbons (Fsp3) is 0.381. The van der Waals surface area contributed by atoms with Gasteiger partial charge in [0.2, 0.25) is 11.8 Å². The van der Waals surface area contributed by atoms with Crippen LogP contribution in [0.1, 0.15) is 37.1 Å². The number of carbonyl (C=O) groups is 2. The number of carbonyl (C=O) groups excluding carboxylic acids is 2. The van der Waals surface area contributed by atoms with Gasteiger partial charge in [0.1, 0.15) is 5.82 Å². The smallest absolute Gasteiger partial charge is 0.227 e. The molecule has 1 aromatic heterocycles. The summed E-state index contributed by atoms with van der Waals surface area (Å²) in [6, 6.07) is 11.7. The average Bonchev–Trinajstić information content (AvgIpc) is 2.68. The maximum absolute atomic E-state index is 13.9. The lowest BCUT2D eigenvalue weighted by Crippen LogP contribution is -2.45. The van der Waals surface area contributed by atoms with Crippen molar-refractivity contribution in [2.45, 2.75) is 32.2 Å². The van der Waals surface area contributed by atoms with Gasteiger partial charge in [-0.3, -0.25) is 14.6 Å². The number of halogens is 1. The second-order valence-electron chi connectivity index (χ2n) is 6.94. The van der Waals surface area contributed by atoms with Crippen molar-refractivity contribution in [3.8, 4) is 0 Å². The van der Waals surface area contributed by atoms with Crippen molar-refractivity contribution in [1.82, 2.24) is 15.2 Å². The minimum absolute atomic E-state index is 0.0494. The normalized spacial score (nSPS) is 18.0. The molecule has 1 aromatic carbocycles. The van der Waals surface area contributed by atoms with E-state index >= 15 is 0 Å². The van der Waals surface area contributed by atoms with E-state index in [1.807, 2.05) is 18.2 Å². The van der Waals surface area contributed by atoms with Gasteiger partial charge in [0.15, 0.2) is 0 Å². The molecule has 27 heavy (non-hydrogen) atoms. The summed E-state index contributed by atoms with van der Waals surface area (Å²) < 4.78 is 13.9. The van der Waals surface area contributed by atoms with Gasteiger partial charge in [0.25, 0.3) is 0 Å². The monoisotopic (exact) mass is 369 g/mol. The maximum atomic E-state index is 13.9. The van der Waals surface area contributed by atoms with Crippen LogP contribution in [0.2, 0.25) is 0 Å². The molecule has 0 radical (unpaired) electrons. The number of likely N-dealkylation sites (tertiary alicyclic amines) is 1. The zero-order valence-electron chi connectivity index (χ0n) is 15.4. The van der Waals surface area contributed by atoms with Crippen LogP contribution in [0.3, 0.4) is 0 Å². The van der Waals surface area contributed by atoms with Gasteiger partial charge in [-0.2, -0.15) is 0 Å². The van der Waals surface area contributed by atoms with E-state index in [1.54, 1.807) is 29.3 Å². The van der Waals surface area contributed by atoms with Crippen LogP contribution in [-0.4, -0.2) is 34.8 Å². The molecule has 6 heteroatoms. The molecule has 3 rings (SSSR count). The Labute approximate surface area is 158 Å². The van der Waals surface area contributed by atoms with E-state index in [9.17, 15) is 14.0 Å². The predicted octanol–water partition coefficient (Wildman–Crippen LogP) is 2.88. The number of rotatable bonds is 5. The van der Waals surface area contributed by atoms with Crippen molar-refractivity contribution in [3.63, 3.8) is 0 Å². The lowest BCUT2D eigenvalue weighted by molar-refractivity contribution is -0.132. The van der Waals surface area contributed by atoms with Gasteiger partial charge < -0.3 is 10.2 Å². The first-order chi connectivity index (χ1) is 13.0. The minimum Gasteiger partial charge on any atom is -0.348 e. The van der Waals surface area contributed by atoms with Crippen LogP contribution < -0.4 is 5.32 Å². The molecule has 1 N–H and O–H groups in total. The number of amides is 2. The Morgan fingerprint density at radius 1 is 1.26 bits per heavy atom. The number of hydrogen-bond acceptors (Lipinski definition) is 3. The second-order valence-corrected chi connectivity index (χ2v) is 6.94. The number of piperidine rings is 1. The highest BCUT2D eigenvalue weighted by Crippen LogP contribution is 2.29. The summed E-state index contributed by atoms with van der Waals surface area (Å²) in [5.41, 5.74) is 1.20. The fourth-order valence-corrected chi connectivity index (χ4v) is 3.64. The Morgan fingerprint density at radius 3 is 2.74 bits per heavy atom. The second kappa shape index (κ2) is 8.75. The number of benzene rings is 1. The van der Waals surface area contributed by atoms with Crippen molar-refractivity contribution in [3.05, 3.63) is 65.7 Å². The summed E-state index contributed by atoms with van der Waals surface area (Å²) in [6.07, 6.45) is 3.49. The summed E-state index contributed by atoms with van der Waals surface area (Å²) in [6.45, 7) is 2.66. The van der Waals surface area contributed by atoms with Crippen molar-refractivity contribution in [2.24, 2.45) is 5.92 Å². The summed E-state index contributed by atoms with van der Waals surface area (Å²) in [7, 11) is 0. The molecule has 2 atom stereocenters. The third-order valence-corrected chi connectivity index (χ3v) is 4.95. The predicted molar refractivity (Wildman–Crippen MR) is 100 cm³/mol. The van der Waals surface area contributed by atoms with Crippen molar-refractivity contribution < 1.29 is 14.0 Å². The Hall–Kier alpha value is -2.76. The van der Waals surface area contributed by atoms with Crippen molar-refractivity contribution in [1.29, 1.82) is 0 Å². The topological polar surface area (TPSA) is 62.3 Å². The molecule has 1 aliphatic heterocycles. The molecule has 2 amide bonds. The van der Waals surface area contributed by atoms with E-state index in [2.05, 4.69) is 10.3 Å². The number of nitrogens with one attached hydrogen (secondary N) is 1. The largest absolute Gasteiger partial charge is 0.348 e. The first-order valence-electron chi connectivity index (χ1n) is 9.24. The zero-order chi connectivity index (χ0) is 19.2. The van der Waals surface area contributed by atoms with Crippen LogP contribution in [0.4, 0.5) is 4.39 Å². The van der Waals surface area contributed by atoms with Crippen LogP contribution >= 0.6 is 0 Å². The summed E-state index contributed by atoms with van der Waals surface area (Å²) in [4.78, 5) is 30.6. The van der Waals surface area contributed by atoms with Gasteiger partial charge in [-0.25, -0.2) is 4.39 Å². The molecular formula is C21H24FN3O2. The number of hydrogen-bond donors (Lipinski definition) is 1. The highest BCUT2D eigenvalue weighted by molar-refractivity contribution is 5.79. The maximum Gasteiger partial charge on any atom is 0.227 e. The molecule has 0 spiro atoms. The van der Waals surface area contributed by atoms with Crippen molar-refractivity contribution in [2.75, 3.05) is 13.1 Å². The number of nitrogens with zero attached hydrogens (tertiary/aromatic N) is 2. The molecule has 1 aliphatic rings. The minimum atomic E-state index is -0.357. The molecule has 1 fully saturated rings. The van der Waals surface area contributed by atoms with Crippen LogP contribution in [0.5, 0.6) is 0 Å². The van der Waals surface area contributed by atoms with E-state index in [0.717, 1.165) is 18.5 Å². The first kappa shape index (κ1) is 19.0. The molecular weight excluding hydrogens is 345 g/mol. The van der Waals surface area contributed by atoms with Crippen LogP contribution in [0, 0.1) is 11.7 Å². The molecule has 0 saturated carbocycles. The highest BCUT2D eigenvalue weighted by atomic mass is 19.1. The average molecular weight is 369 g/mol. The molecule has 1 saturated heterocycles. The van der Waals surface area contributed by atoms with Crippen molar-refractivity contribution >= 4 is 11.8 Å². The Balaban J connectivity index is 1.72. The number of aromatic nitrogens is 1. The molecule has 0 unspecified atom stereocenters. The molecule has 2 heterocycles. The summed E-state index contributed by atoms with van der Waals surface area (Å²) in [5.74, 6) is -0.501. The van der Waals surface area contributed by atoms with Crippen LogP contribution in [0.15, 0.2) is 48.7 Å². The molecule has 0 bridgehead atoms. The molecule has 142 valence electrons. The molecule has 0 aliphatic carbocycles. The van der Waals surface area contributed by atoms with E-state index < -0.39 is 0 Å². The quantitative estimate of drug-likeness (QED) is 0.882. The lowest BCUT2D eigenvalue weighted by atomic mass is 9.88. The Morgan fingerprint density at radius 2 is 2.04 bits per heavy atom. The van der Waals surface area contributed by atoms with Gasteiger partial charge in [-0.1, -0.05) is 24.3 Å². The highest BCUT2D eigenvalue weighted by Gasteiger charge is 2.31. The Bertz CT molecular complexity index is 797. The van der Waals surface area contributed by atoms with Gasteiger partial charge in [0.05, 0.1) is 18.2 Å². The fourth-order valence-electron chi connectivity index (χ4n) is 3.64. The summed E-state index contributed by atoms with van der Waals surface area (Å²) >= 11 is 0. The Kier molecular flexibility index (Phi) is 6.16. The summed E-state index contributed by atoms with van der Waals surface area (Å²) in [5, 5.41) is 2.98. The van der Waals surface area contributed by atoms with Gasteiger partial charge in [0, 0.05) is 32.1 Å². The SMILES string of the molecule is CC(=O)N[C@@H](c1ccccn1)[C@H]1CCCN(C(=O)Cc2ccccc2F)C1. The van der Waals surface area contributed by atoms with Crippen LogP contribution in [-0.2, 0) is 16.0 Å². The lowest BCUT2D eigenvalue weighted by Gasteiger charge is -2.37.